The van der Waals surface area contributed by atoms with Crippen LogP contribution >= 0.6 is 34.8 Å². The number of rotatable bonds is 4. The number of hydrogen-bond donors (Lipinski definition) is 1. The molecule has 4 rings (SSSR count). The Morgan fingerprint density at radius 1 is 0.970 bits per heavy atom. The lowest BCUT2D eigenvalue weighted by Gasteiger charge is -2.26. The van der Waals surface area contributed by atoms with Gasteiger partial charge in [-0.1, -0.05) is 53.0 Å². The predicted molar refractivity (Wildman–Crippen MR) is 126 cm³/mol. The number of methoxy groups -OCH3 is 1. The first kappa shape index (κ1) is 23.1. The Morgan fingerprint density at radius 3 is 2.33 bits per heavy atom. The normalized spacial score (nSPS) is 17.5. The van der Waals surface area contributed by atoms with Crippen LogP contribution in [0, 0.1) is 5.82 Å². The number of aliphatic hydroxyl groups excluding tert-OH is 1. The Labute approximate surface area is 203 Å². The highest BCUT2D eigenvalue weighted by Gasteiger charge is 2.48. The van der Waals surface area contributed by atoms with Crippen LogP contribution in [0.5, 0.6) is 5.75 Å². The van der Waals surface area contributed by atoms with E-state index in [0.717, 1.165) is 4.90 Å². The molecule has 3 aromatic rings. The molecule has 9 heteroatoms. The third-order valence-corrected chi connectivity index (χ3v) is 6.32. The first-order chi connectivity index (χ1) is 15.7. The lowest BCUT2D eigenvalue weighted by atomic mass is 9.94. The van der Waals surface area contributed by atoms with E-state index in [-0.39, 0.29) is 37.5 Å². The van der Waals surface area contributed by atoms with Crippen molar-refractivity contribution in [2.45, 2.75) is 6.04 Å². The summed E-state index contributed by atoms with van der Waals surface area (Å²) in [5, 5.41) is 11.7. The van der Waals surface area contributed by atoms with Gasteiger partial charge in [0.25, 0.3) is 11.7 Å². The van der Waals surface area contributed by atoms with E-state index in [2.05, 4.69) is 0 Å². The number of nitrogens with zero attached hydrogens (tertiary/aromatic N) is 1. The predicted octanol–water partition coefficient (Wildman–Crippen LogP) is 6.42. The highest BCUT2D eigenvalue weighted by atomic mass is 35.5. The maximum Gasteiger partial charge on any atom is 0.300 e. The number of ketones is 1. The zero-order valence-electron chi connectivity index (χ0n) is 17.0. The SMILES string of the molecule is COc1ccc(Cl)c(/C(O)=C2\C(=O)C(=O)N(c3ccc(Cl)c(Cl)c3)C2c2ccccc2F)c1. The standard InChI is InChI=1S/C24H15Cl3FNO4/c1-33-13-7-9-16(25)15(11-13)22(30)20-21(14-4-2-3-5-19(14)28)29(24(32)23(20)31)12-6-8-17(26)18(27)10-12/h2-11,21,30H,1H3/b22-20+. The quantitative estimate of drug-likeness (QED) is 0.252. The van der Waals surface area contributed by atoms with Gasteiger partial charge in [-0.2, -0.15) is 0 Å². The third-order valence-electron chi connectivity index (χ3n) is 5.25. The van der Waals surface area contributed by atoms with Crippen LogP contribution in [0.3, 0.4) is 0 Å². The van der Waals surface area contributed by atoms with E-state index in [1.165, 1.54) is 55.6 Å². The van der Waals surface area contributed by atoms with Crippen LogP contribution in [-0.4, -0.2) is 23.9 Å². The van der Waals surface area contributed by atoms with Crippen LogP contribution < -0.4 is 9.64 Å². The Bertz CT molecular complexity index is 1320. The first-order valence-corrected chi connectivity index (χ1v) is 10.7. The van der Waals surface area contributed by atoms with Crippen molar-refractivity contribution in [2.75, 3.05) is 12.0 Å². The van der Waals surface area contributed by atoms with Crippen LogP contribution in [0.15, 0.2) is 66.2 Å². The zero-order chi connectivity index (χ0) is 23.9. The average Bonchev–Trinajstić information content (AvgIpc) is 3.06. The molecule has 1 aliphatic heterocycles. The van der Waals surface area contributed by atoms with E-state index in [4.69, 9.17) is 39.5 Å². The van der Waals surface area contributed by atoms with Crippen molar-refractivity contribution in [3.05, 3.63) is 98.2 Å². The van der Waals surface area contributed by atoms with E-state index in [1.54, 1.807) is 12.1 Å². The summed E-state index contributed by atoms with van der Waals surface area (Å²) in [7, 11) is 1.43. The first-order valence-electron chi connectivity index (χ1n) is 9.59. The van der Waals surface area contributed by atoms with Crippen LogP contribution in [-0.2, 0) is 9.59 Å². The van der Waals surface area contributed by atoms with Crippen molar-refractivity contribution in [1.29, 1.82) is 0 Å². The van der Waals surface area contributed by atoms with Crippen molar-refractivity contribution >= 4 is 57.9 Å². The van der Waals surface area contributed by atoms with Gasteiger partial charge in [-0.15, -0.1) is 0 Å². The number of Topliss-reactive ketones (excluding diaryl/α,β-unsaturated/α-hetero) is 1. The fourth-order valence-corrected chi connectivity index (χ4v) is 4.18. The summed E-state index contributed by atoms with van der Waals surface area (Å²) in [5.41, 5.74) is -0.0605. The summed E-state index contributed by atoms with van der Waals surface area (Å²) < 4.78 is 20.1. The molecule has 3 aromatic carbocycles. The third kappa shape index (κ3) is 4.06. The van der Waals surface area contributed by atoms with Crippen molar-refractivity contribution in [1.82, 2.24) is 0 Å². The maximum atomic E-state index is 14.9. The minimum absolute atomic E-state index is 0.00309. The second kappa shape index (κ2) is 9.06. The topological polar surface area (TPSA) is 66.8 Å². The molecule has 1 aliphatic rings. The van der Waals surface area contributed by atoms with Crippen molar-refractivity contribution < 1.29 is 23.8 Å². The average molecular weight is 507 g/mol. The van der Waals surface area contributed by atoms with Gasteiger partial charge in [0.2, 0.25) is 0 Å². The number of carbonyl (C=O) groups is 2. The molecule has 0 spiro atoms. The van der Waals surface area contributed by atoms with E-state index in [1.807, 2.05) is 0 Å². The summed E-state index contributed by atoms with van der Waals surface area (Å²) in [5.74, 6) is -2.85. The second-order valence-corrected chi connectivity index (χ2v) is 8.36. The Balaban J connectivity index is 2.01. The smallest absolute Gasteiger partial charge is 0.300 e. The van der Waals surface area contributed by atoms with Gasteiger partial charge in [-0.05, 0) is 42.5 Å². The molecule has 1 fully saturated rings. The molecule has 0 bridgehead atoms. The van der Waals surface area contributed by atoms with Gasteiger partial charge >= 0.3 is 0 Å². The number of amides is 1. The number of halogens is 4. The molecular formula is C24H15Cl3FNO4. The number of anilines is 1. The molecule has 33 heavy (non-hydrogen) atoms. The summed E-state index contributed by atoms with van der Waals surface area (Å²) in [6.07, 6.45) is 0. The van der Waals surface area contributed by atoms with Crippen molar-refractivity contribution in [3.63, 3.8) is 0 Å². The van der Waals surface area contributed by atoms with Gasteiger partial charge in [-0.3, -0.25) is 14.5 Å². The monoisotopic (exact) mass is 505 g/mol. The largest absolute Gasteiger partial charge is 0.507 e. The van der Waals surface area contributed by atoms with Crippen molar-refractivity contribution in [2.24, 2.45) is 0 Å². The fraction of sp³-hybridized carbons (Fsp3) is 0.0833. The lowest BCUT2D eigenvalue weighted by Crippen LogP contribution is -2.29. The van der Waals surface area contributed by atoms with Gasteiger partial charge in [0, 0.05) is 16.8 Å². The molecule has 1 saturated heterocycles. The molecular weight excluding hydrogens is 492 g/mol. The number of benzene rings is 3. The zero-order valence-corrected chi connectivity index (χ0v) is 19.2. The summed E-state index contributed by atoms with van der Waals surface area (Å²) in [4.78, 5) is 27.3. The summed E-state index contributed by atoms with van der Waals surface area (Å²) in [6, 6.07) is 13.2. The number of ether oxygens (including phenoxy) is 1. The molecule has 0 saturated carbocycles. The van der Waals surface area contributed by atoms with Gasteiger partial charge < -0.3 is 9.84 Å². The minimum atomic E-state index is -1.29. The second-order valence-electron chi connectivity index (χ2n) is 7.13. The summed E-state index contributed by atoms with van der Waals surface area (Å²) in [6.45, 7) is 0. The molecule has 1 heterocycles. The van der Waals surface area contributed by atoms with Gasteiger partial charge in [0.15, 0.2) is 0 Å². The molecule has 1 N–H and O–H groups in total. The van der Waals surface area contributed by atoms with E-state index < -0.39 is 29.3 Å². The van der Waals surface area contributed by atoms with Gasteiger partial charge in [0.05, 0.1) is 33.8 Å². The Kier molecular flexibility index (Phi) is 6.34. The van der Waals surface area contributed by atoms with E-state index in [9.17, 15) is 19.1 Å². The number of aliphatic hydroxyl groups is 1. The molecule has 0 aromatic heterocycles. The minimum Gasteiger partial charge on any atom is -0.507 e. The number of hydrogen-bond acceptors (Lipinski definition) is 4. The lowest BCUT2D eigenvalue weighted by molar-refractivity contribution is -0.132. The molecule has 0 aliphatic carbocycles. The van der Waals surface area contributed by atoms with Crippen LogP contribution in [0.25, 0.3) is 5.76 Å². The Hall–Kier alpha value is -3.06. The molecule has 5 nitrogen and oxygen atoms in total. The fourth-order valence-electron chi connectivity index (χ4n) is 3.68. The van der Waals surface area contributed by atoms with Crippen LogP contribution in [0.2, 0.25) is 15.1 Å². The summed E-state index contributed by atoms with van der Waals surface area (Å²) >= 11 is 18.4. The molecule has 168 valence electrons. The maximum absolute atomic E-state index is 14.9. The number of carbonyl (C=O) groups excluding carboxylic acids is 2. The van der Waals surface area contributed by atoms with Crippen LogP contribution in [0.1, 0.15) is 17.2 Å². The van der Waals surface area contributed by atoms with E-state index in [0.29, 0.717) is 5.75 Å². The van der Waals surface area contributed by atoms with Gasteiger partial charge in [-0.25, -0.2) is 4.39 Å². The molecule has 1 unspecified atom stereocenters. The van der Waals surface area contributed by atoms with Gasteiger partial charge in [0.1, 0.15) is 17.3 Å². The highest BCUT2D eigenvalue weighted by Crippen LogP contribution is 2.44. The van der Waals surface area contributed by atoms with Crippen molar-refractivity contribution in [3.8, 4) is 5.75 Å². The highest BCUT2D eigenvalue weighted by molar-refractivity contribution is 6.52. The van der Waals surface area contributed by atoms with E-state index >= 15 is 0 Å². The molecule has 1 amide bonds. The Morgan fingerprint density at radius 2 is 1.67 bits per heavy atom. The molecule has 0 radical (unpaired) electrons. The molecule has 1 atom stereocenters. The van der Waals surface area contributed by atoms with Crippen LogP contribution in [0.4, 0.5) is 10.1 Å².